The maximum atomic E-state index is 10.1. The van der Waals surface area contributed by atoms with E-state index in [1.807, 2.05) is 19.9 Å². The zero-order chi connectivity index (χ0) is 12.4. The minimum Gasteiger partial charge on any atom is -0.507 e. The maximum Gasteiger partial charge on any atom is 0.127 e. The molecular weight excluding hydrogens is 250 g/mol. The van der Waals surface area contributed by atoms with Crippen molar-refractivity contribution in [2.45, 2.75) is 26.2 Å². The van der Waals surface area contributed by atoms with Crippen molar-refractivity contribution in [3.63, 3.8) is 0 Å². The molecule has 0 aromatic heterocycles. The molecule has 3 N–H and O–H groups in total. The van der Waals surface area contributed by atoms with Gasteiger partial charge in [0, 0.05) is 6.54 Å². The summed E-state index contributed by atoms with van der Waals surface area (Å²) in [6.07, 6.45) is 2.86. The summed E-state index contributed by atoms with van der Waals surface area (Å²) < 4.78 is 0. The highest BCUT2D eigenvalue weighted by Gasteiger charge is 2.16. The molecule has 18 heavy (non-hydrogen) atoms. The maximum absolute atomic E-state index is 10.1. The lowest BCUT2D eigenvalue weighted by molar-refractivity contribution is 0.444. The molecule has 0 radical (unpaired) electrons. The second-order valence-electron chi connectivity index (χ2n) is 4.77. The van der Waals surface area contributed by atoms with Crippen LogP contribution < -0.4 is 5.32 Å². The number of phenolic OH excluding ortho intramolecular Hbond substituents is 2. The van der Waals surface area contributed by atoms with Gasteiger partial charge in [-0.25, -0.2) is 0 Å². The van der Waals surface area contributed by atoms with Crippen LogP contribution >= 0.6 is 12.4 Å². The number of hydrogen-bond acceptors (Lipinski definition) is 3. The molecular formula is C14H20ClNO2. The highest BCUT2D eigenvalue weighted by atomic mass is 35.5. The Kier molecular flexibility index (Phi) is 5.05. The van der Waals surface area contributed by atoms with Gasteiger partial charge in [0.25, 0.3) is 0 Å². The van der Waals surface area contributed by atoms with E-state index in [0.29, 0.717) is 11.5 Å². The molecule has 100 valence electrons. The molecule has 1 aliphatic rings. The first-order valence-corrected chi connectivity index (χ1v) is 6.05. The van der Waals surface area contributed by atoms with Crippen molar-refractivity contribution >= 4 is 18.0 Å². The molecule has 0 spiro atoms. The molecule has 0 amide bonds. The summed E-state index contributed by atoms with van der Waals surface area (Å²) >= 11 is 0. The summed E-state index contributed by atoms with van der Waals surface area (Å²) in [5.74, 6) is 0.659. The predicted octanol–water partition coefficient (Wildman–Crippen LogP) is 3.02. The third-order valence-corrected chi connectivity index (χ3v) is 3.17. The predicted molar refractivity (Wildman–Crippen MR) is 76.6 cm³/mol. The van der Waals surface area contributed by atoms with Crippen molar-refractivity contribution in [2.24, 2.45) is 0 Å². The number of nitrogens with one attached hydrogen (secondary N) is 1. The number of hydrogen-bond donors (Lipinski definition) is 3. The van der Waals surface area contributed by atoms with E-state index >= 15 is 0 Å². The minimum atomic E-state index is 0. The third kappa shape index (κ3) is 2.98. The van der Waals surface area contributed by atoms with E-state index in [9.17, 15) is 10.2 Å². The summed E-state index contributed by atoms with van der Waals surface area (Å²) in [5.41, 5.74) is 2.57. The summed E-state index contributed by atoms with van der Waals surface area (Å²) in [5, 5.41) is 23.3. The van der Waals surface area contributed by atoms with Gasteiger partial charge in [-0.1, -0.05) is 19.9 Å². The van der Waals surface area contributed by atoms with Crippen LogP contribution in [0.1, 0.15) is 37.3 Å². The van der Waals surface area contributed by atoms with Crippen molar-refractivity contribution in [2.75, 3.05) is 13.1 Å². The van der Waals surface area contributed by atoms with Gasteiger partial charge < -0.3 is 15.5 Å². The Morgan fingerprint density at radius 2 is 1.78 bits per heavy atom. The Labute approximate surface area is 114 Å². The van der Waals surface area contributed by atoms with Gasteiger partial charge in [-0.2, -0.15) is 0 Å². The van der Waals surface area contributed by atoms with Crippen molar-refractivity contribution in [3.05, 3.63) is 29.3 Å². The molecule has 0 unspecified atom stereocenters. The van der Waals surface area contributed by atoms with E-state index < -0.39 is 0 Å². The summed E-state index contributed by atoms with van der Waals surface area (Å²) in [6, 6.07) is 3.51. The number of rotatable bonds is 2. The van der Waals surface area contributed by atoms with E-state index in [1.54, 1.807) is 12.1 Å². The molecule has 2 rings (SSSR count). The van der Waals surface area contributed by atoms with Crippen molar-refractivity contribution in [1.29, 1.82) is 0 Å². The number of halogens is 1. The molecule has 0 bridgehead atoms. The average molecular weight is 270 g/mol. The molecule has 1 heterocycles. The Bertz CT molecular complexity index is 432. The van der Waals surface area contributed by atoms with Crippen LogP contribution in [0.2, 0.25) is 0 Å². The van der Waals surface area contributed by atoms with Gasteiger partial charge >= 0.3 is 0 Å². The van der Waals surface area contributed by atoms with Crippen LogP contribution in [0.5, 0.6) is 11.5 Å². The van der Waals surface area contributed by atoms with Crippen LogP contribution in [0, 0.1) is 0 Å². The van der Waals surface area contributed by atoms with E-state index in [4.69, 9.17) is 0 Å². The first-order valence-electron chi connectivity index (χ1n) is 6.05. The SMILES string of the molecule is CC(C)c1cc(O)c(C2=CCNCC2)c(O)c1.Cl. The van der Waals surface area contributed by atoms with Gasteiger partial charge in [0.15, 0.2) is 0 Å². The lowest BCUT2D eigenvalue weighted by Crippen LogP contribution is -2.20. The molecule has 3 nitrogen and oxygen atoms in total. The fourth-order valence-corrected chi connectivity index (χ4v) is 2.14. The fourth-order valence-electron chi connectivity index (χ4n) is 2.14. The molecule has 0 saturated carbocycles. The van der Waals surface area contributed by atoms with E-state index in [2.05, 4.69) is 5.32 Å². The van der Waals surface area contributed by atoms with Crippen LogP contribution in [0.3, 0.4) is 0 Å². The van der Waals surface area contributed by atoms with Gasteiger partial charge in [-0.05, 0) is 42.2 Å². The van der Waals surface area contributed by atoms with Gasteiger partial charge in [0.05, 0.1) is 5.56 Å². The lowest BCUT2D eigenvalue weighted by Gasteiger charge is -2.18. The molecule has 0 saturated heterocycles. The molecule has 4 heteroatoms. The zero-order valence-corrected chi connectivity index (χ0v) is 11.5. The molecule has 1 aromatic rings. The number of aromatic hydroxyl groups is 2. The van der Waals surface area contributed by atoms with Crippen LogP contribution in [-0.2, 0) is 0 Å². The van der Waals surface area contributed by atoms with Crippen molar-refractivity contribution in [3.8, 4) is 11.5 Å². The highest BCUT2D eigenvalue weighted by Crippen LogP contribution is 2.38. The summed E-state index contributed by atoms with van der Waals surface area (Å²) in [6.45, 7) is 5.76. The van der Waals surface area contributed by atoms with E-state index in [-0.39, 0.29) is 23.9 Å². The highest BCUT2D eigenvalue weighted by molar-refractivity contribution is 5.85. The molecule has 0 aliphatic carbocycles. The first kappa shape index (κ1) is 14.9. The van der Waals surface area contributed by atoms with Crippen molar-refractivity contribution in [1.82, 2.24) is 5.32 Å². The number of phenols is 2. The largest absolute Gasteiger partial charge is 0.507 e. The summed E-state index contributed by atoms with van der Waals surface area (Å²) in [4.78, 5) is 0. The van der Waals surface area contributed by atoms with Crippen LogP contribution in [-0.4, -0.2) is 23.3 Å². The lowest BCUT2D eigenvalue weighted by atomic mass is 9.94. The van der Waals surface area contributed by atoms with Gasteiger partial charge in [0.1, 0.15) is 11.5 Å². The van der Waals surface area contributed by atoms with Crippen LogP contribution in [0.15, 0.2) is 18.2 Å². The molecule has 0 fully saturated rings. The van der Waals surface area contributed by atoms with Crippen molar-refractivity contribution < 1.29 is 10.2 Å². The third-order valence-electron chi connectivity index (χ3n) is 3.17. The van der Waals surface area contributed by atoms with E-state index in [0.717, 1.165) is 30.6 Å². The van der Waals surface area contributed by atoms with Gasteiger partial charge in [-0.3, -0.25) is 0 Å². The fraction of sp³-hybridized carbons (Fsp3) is 0.429. The van der Waals surface area contributed by atoms with Gasteiger partial charge in [0.2, 0.25) is 0 Å². The topological polar surface area (TPSA) is 52.5 Å². The van der Waals surface area contributed by atoms with E-state index in [1.165, 1.54) is 0 Å². The number of benzene rings is 1. The Morgan fingerprint density at radius 1 is 1.17 bits per heavy atom. The Balaban J connectivity index is 0.00000162. The smallest absolute Gasteiger partial charge is 0.127 e. The standard InChI is InChI=1S/C14H19NO2.ClH/c1-9(2)11-7-12(16)14(13(17)8-11)10-3-5-15-6-4-10;/h3,7-9,15-17H,4-6H2,1-2H3;1H. The second kappa shape index (κ2) is 6.12. The summed E-state index contributed by atoms with van der Waals surface area (Å²) in [7, 11) is 0. The molecule has 1 aliphatic heterocycles. The Morgan fingerprint density at radius 3 is 2.22 bits per heavy atom. The normalized spacial score (nSPS) is 15.2. The Hall–Kier alpha value is -1.19. The molecule has 0 atom stereocenters. The van der Waals surface area contributed by atoms with Crippen LogP contribution in [0.25, 0.3) is 5.57 Å². The molecule has 1 aromatic carbocycles. The first-order chi connectivity index (χ1) is 8.09. The quantitative estimate of drug-likeness (QED) is 0.774. The monoisotopic (exact) mass is 269 g/mol. The second-order valence-corrected chi connectivity index (χ2v) is 4.77. The van der Waals surface area contributed by atoms with Gasteiger partial charge in [-0.15, -0.1) is 12.4 Å². The van der Waals surface area contributed by atoms with Crippen LogP contribution in [0.4, 0.5) is 0 Å². The zero-order valence-electron chi connectivity index (χ0n) is 10.7. The minimum absolute atomic E-state index is 0. The average Bonchev–Trinajstić information content (AvgIpc) is 2.29.